The molecule has 2 unspecified atom stereocenters. The summed E-state index contributed by atoms with van der Waals surface area (Å²) in [5, 5.41) is 3.62. The summed E-state index contributed by atoms with van der Waals surface area (Å²) < 4.78 is 5.87. The van der Waals surface area contributed by atoms with Gasteiger partial charge in [0, 0.05) is 18.7 Å². The minimum Gasteiger partial charge on any atom is -0.378 e. The van der Waals surface area contributed by atoms with Crippen molar-refractivity contribution < 1.29 is 4.74 Å². The lowest BCUT2D eigenvalue weighted by Crippen LogP contribution is -2.40. The SMILES string of the molecule is CCCCCCC1OCCC1CNC(C)(C)C. The molecule has 0 spiro atoms. The van der Waals surface area contributed by atoms with Crippen molar-refractivity contribution in [1.29, 1.82) is 0 Å². The molecule has 1 heterocycles. The van der Waals surface area contributed by atoms with Gasteiger partial charge < -0.3 is 10.1 Å². The Balaban J connectivity index is 2.19. The van der Waals surface area contributed by atoms with Crippen LogP contribution in [0.4, 0.5) is 0 Å². The molecule has 0 aromatic carbocycles. The van der Waals surface area contributed by atoms with E-state index in [1.54, 1.807) is 0 Å². The van der Waals surface area contributed by atoms with E-state index in [4.69, 9.17) is 4.74 Å². The molecule has 102 valence electrons. The van der Waals surface area contributed by atoms with Crippen LogP contribution < -0.4 is 5.32 Å². The van der Waals surface area contributed by atoms with Crippen molar-refractivity contribution in [2.75, 3.05) is 13.2 Å². The van der Waals surface area contributed by atoms with Gasteiger partial charge in [-0.15, -0.1) is 0 Å². The molecule has 2 atom stereocenters. The Hall–Kier alpha value is -0.0800. The molecule has 0 amide bonds. The maximum atomic E-state index is 5.87. The summed E-state index contributed by atoms with van der Waals surface area (Å²) in [6, 6.07) is 0. The molecule has 0 radical (unpaired) electrons. The summed E-state index contributed by atoms with van der Waals surface area (Å²) in [6.45, 7) is 11.1. The lowest BCUT2D eigenvalue weighted by atomic mass is 9.95. The Kier molecular flexibility index (Phi) is 6.50. The average Bonchev–Trinajstić information content (AvgIpc) is 2.68. The van der Waals surface area contributed by atoms with Gasteiger partial charge in [-0.25, -0.2) is 0 Å². The average molecular weight is 241 g/mol. The molecule has 2 heteroatoms. The van der Waals surface area contributed by atoms with E-state index in [1.807, 2.05) is 0 Å². The van der Waals surface area contributed by atoms with E-state index in [0.717, 1.165) is 19.1 Å². The number of rotatable bonds is 7. The third-order valence-corrected chi connectivity index (χ3v) is 3.58. The Morgan fingerprint density at radius 3 is 2.59 bits per heavy atom. The summed E-state index contributed by atoms with van der Waals surface area (Å²) in [6.07, 6.45) is 8.41. The predicted octanol–water partition coefficient (Wildman–Crippen LogP) is 3.75. The second-order valence-corrected chi connectivity index (χ2v) is 6.44. The summed E-state index contributed by atoms with van der Waals surface area (Å²) in [4.78, 5) is 0. The molecule has 1 rings (SSSR count). The minimum absolute atomic E-state index is 0.231. The van der Waals surface area contributed by atoms with Gasteiger partial charge in [0.05, 0.1) is 6.10 Å². The van der Waals surface area contributed by atoms with Gasteiger partial charge in [0.2, 0.25) is 0 Å². The smallest absolute Gasteiger partial charge is 0.0616 e. The maximum Gasteiger partial charge on any atom is 0.0616 e. The molecule has 0 bridgehead atoms. The summed E-state index contributed by atoms with van der Waals surface area (Å²) in [7, 11) is 0. The van der Waals surface area contributed by atoms with Crippen molar-refractivity contribution in [3.05, 3.63) is 0 Å². The highest BCUT2D eigenvalue weighted by atomic mass is 16.5. The Morgan fingerprint density at radius 2 is 1.94 bits per heavy atom. The molecule has 17 heavy (non-hydrogen) atoms. The molecule has 0 aromatic heterocycles. The number of hydrogen-bond acceptors (Lipinski definition) is 2. The van der Waals surface area contributed by atoms with Crippen molar-refractivity contribution in [1.82, 2.24) is 5.32 Å². The van der Waals surface area contributed by atoms with Gasteiger partial charge in [-0.3, -0.25) is 0 Å². The number of unbranched alkanes of at least 4 members (excludes halogenated alkanes) is 3. The number of ether oxygens (including phenoxy) is 1. The zero-order chi connectivity index (χ0) is 12.7. The second-order valence-electron chi connectivity index (χ2n) is 6.44. The van der Waals surface area contributed by atoms with Crippen LogP contribution in [0.25, 0.3) is 0 Å². The normalized spacial score (nSPS) is 25.4. The highest BCUT2D eigenvalue weighted by Crippen LogP contribution is 2.25. The maximum absolute atomic E-state index is 5.87. The zero-order valence-electron chi connectivity index (χ0n) is 12.2. The second kappa shape index (κ2) is 7.38. The van der Waals surface area contributed by atoms with Crippen LogP contribution in [-0.4, -0.2) is 24.8 Å². The molecular weight excluding hydrogens is 210 g/mol. The third-order valence-electron chi connectivity index (χ3n) is 3.58. The molecule has 1 aliphatic rings. The number of nitrogens with one attached hydrogen (secondary N) is 1. The van der Waals surface area contributed by atoms with Gasteiger partial charge in [-0.1, -0.05) is 32.6 Å². The topological polar surface area (TPSA) is 21.3 Å². The van der Waals surface area contributed by atoms with E-state index in [-0.39, 0.29) is 5.54 Å². The number of hydrogen-bond donors (Lipinski definition) is 1. The van der Waals surface area contributed by atoms with Crippen LogP contribution in [0.2, 0.25) is 0 Å². The molecule has 1 fully saturated rings. The zero-order valence-corrected chi connectivity index (χ0v) is 12.2. The first kappa shape index (κ1) is 15.0. The fourth-order valence-electron chi connectivity index (χ4n) is 2.45. The van der Waals surface area contributed by atoms with E-state index >= 15 is 0 Å². The Morgan fingerprint density at radius 1 is 1.18 bits per heavy atom. The van der Waals surface area contributed by atoms with Crippen molar-refractivity contribution >= 4 is 0 Å². The standard InChI is InChI=1S/C15H31NO/c1-5-6-7-8-9-14-13(10-11-17-14)12-16-15(2,3)4/h13-14,16H,5-12H2,1-4H3. The monoisotopic (exact) mass is 241 g/mol. The van der Waals surface area contributed by atoms with Gasteiger partial charge >= 0.3 is 0 Å². The van der Waals surface area contributed by atoms with Crippen LogP contribution in [-0.2, 0) is 4.74 Å². The Bertz CT molecular complexity index is 198. The van der Waals surface area contributed by atoms with Crippen LogP contribution >= 0.6 is 0 Å². The summed E-state index contributed by atoms with van der Waals surface area (Å²) in [5.74, 6) is 0.732. The fraction of sp³-hybridized carbons (Fsp3) is 1.00. The summed E-state index contributed by atoms with van der Waals surface area (Å²) in [5.41, 5.74) is 0.231. The Labute approximate surface area is 108 Å². The van der Waals surface area contributed by atoms with Crippen LogP contribution in [0.1, 0.15) is 66.2 Å². The predicted molar refractivity (Wildman–Crippen MR) is 74.4 cm³/mol. The first-order chi connectivity index (χ1) is 8.03. The lowest BCUT2D eigenvalue weighted by Gasteiger charge is -2.25. The van der Waals surface area contributed by atoms with Crippen LogP contribution in [0.5, 0.6) is 0 Å². The lowest BCUT2D eigenvalue weighted by molar-refractivity contribution is 0.0795. The van der Waals surface area contributed by atoms with E-state index < -0.39 is 0 Å². The summed E-state index contributed by atoms with van der Waals surface area (Å²) >= 11 is 0. The van der Waals surface area contributed by atoms with Crippen LogP contribution in [0.3, 0.4) is 0 Å². The van der Waals surface area contributed by atoms with Gasteiger partial charge in [-0.05, 0) is 39.5 Å². The largest absolute Gasteiger partial charge is 0.378 e. The van der Waals surface area contributed by atoms with Crippen molar-refractivity contribution in [3.8, 4) is 0 Å². The highest BCUT2D eigenvalue weighted by Gasteiger charge is 2.28. The van der Waals surface area contributed by atoms with Gasteiger partial charge in [0.1, 0.15) is 0 Å². The molecule has 0 aliphatic carbocycles. The molecule has 1 saturated heterocycles. The fourth-order valence-corrected chi connectivity index (χ4v) is 2.45. The first-order valence-electron chi connectivity index (χ1n) is 7.39. The molecule has 2 nitrogen and oxygen atoms in total. The van der Waals surface area contributed by atoms with E-state index in [0.29, 0.717) is 6.10 Å². The van der Waals surface area contributed by atoms with Crippen LogP contribution in [0, 0.1) is 5.92 Å². The quantitative estimate of drug-likeness (QED) is 0.685. The molecular formula is C15H31NO. The van der Waals surface area contributed by atoms with Crippen molar-refractivity contribution in [3.63, 3.8) is 0 Å². The van der Waals surface area contributed by atoms with Gasteiger partial charge in [-0.2, -0.15) is 0 Å². The van der Waals surface area contributed by atoms with E-state index in [1.165, 1.54) is 38.5 Å². The van der Waals surface area contributed by atoms with Gasteiger partial charge in [0.25, 0.3) is 0 Å². The molecule has 0 saturated carbocycles. The first-order valence-corrected chi connectivity index (χ1v) is 7.39. The highest BCUT2D eigenvalue weighted by molar-refractivity contribution is 4.81. The van der Waals surface area contributed by atoms with E-state index in [2.05, 4.69) is 33.0 Å². The third kappa shape index (κ3) is 6.42. The molecule has 1 N–H and O–H groups in total. The van der Waals surface area contributed by atoms with Crippen molar-refractivity contribution in [2.24, 2.45) is 5.92 Å². The molecule has 1 aliphatic heterocycles. The minimum atomic E-state index is 0.231. The van der Waals surface area contributed by atoms with Crippen LogP contribution in [0.15, 0.2) is 0 Å². The van der Waals surface area contributed by atoms with E-state index in [9.17, 15) is 0 Å². The van der Waals surface area contributed by atoms with Gasteiger partial charge in [0.15, 0.2) is 0 Å². The molecule has 0 aromatic rings. The van der Waals surface area contributed by atoms with Crippen molar-refractivity contribution in [2.45, 2.75) is 77.9 Å².